The van der Waals surface area contributed by atoms with E-state index in [9.17, 15) is 17.6 Å². The van der Waals surface area contributed by atoms with Gasteiger partial charge in [0.25, 0.3) is 0 Å². The van der Waals surface area contributed by atoms with Crippen LogP contribution in [-0.4, -0.2) is 35.9 Å². The van der Waals surface area contributed by atoms with Crippen LogP contribution in [0.2, 0.25) is 5.02 Å². The zero-order valence-corrected chi connectivity index (χ0v) is 22.7. The summed E-state index contributed by atoms with van der Waals surface area (Å²) < 4.78 is 37.7. The Labute approximate surface area is 227 Å². The highest BCUT2D eigenvalue weighted by atomic mass is 35.5. The minimum atomic E-state index is -3.39. The highest BCUT2D eigenvalue weighted by molar-refractivity contribution is 7.92. The van der Waals surface area contributed by atoms with Crippen molar-refractivity contribution < 1.29 is 17.6 Å². The van der Waals surface area contributed by atoms with Crippen LogP contribution in [0.4, 0.5) is 4.39 Å². The van der Waals surface area contributed by atoms with Gasteiger partial charge in [-0.15, -0.1) is 0 Å². The number of nitrogens with zero attached hydrogens (tertiary/aromatic N) is 1. The van der Waals surface area contributed by atoms with Crippen molar-refractivity contribution in [1.29, 1.82) is 0 Å². The number of hydrogen-bond donors (Lipinski definition) is 1. The summed E-state index contributed by atoms with van der Waals surface area (Å²) in [6.07, 6.45) is 5.81. The van der Waals surface area contributed by atoms with E-state index in [0.29, 0.717) is 17.9 Å². The Morgan fingerprint density at radius 2 is 1.76 bits per heavy atom. The standard InChI is InChI=1S/C30H28ClFN2O3S/c1-3-15-38(36,37)19-25(35)12-7-20-5-8-21(9-6-20)30(22-10-14-29-23(16-22)18-33-34-29)26(4-2)27-13-11-24(32)17-28(27)31/h5-14,16-18H,3-4,15,19H2,1-2H3,(H,33,34)/b12-7+,30-26+. The minimum absolute atomic E-state index is 0.00116. The normalized spacial score (nSPS) is 12.7. The zero-order valence-electron chi connectivity index (χ0n) is 21.2. The van der Waals surface area contributed by atoms with Crippen LogP contribution in [0.25, 0.3) is 28.1 Å². The van der Waals surface area contributed by atoms with Crippen LogP contribution >= 0.6 is 11.6 Å². The molecule has 0 unspecified atom stereocenters. The molecule has 0 aliphatic heterocycles. The highest BCUT2D eigenvalue weighted by Crippen LogP contribution is 2.38. The summed E-state index contributed by atoms with van der Waals surface area (Å²) in [5.41, 5.74) is 6.20. The van der Waals surface area contributed by atoms with E-state index in [2.05, 4.69) is 10.2 Å². The van der Waals surface area contributed by atoms with Gasteiger partial charge in [0.05, 0.1) is 22.5 Å². The molecule has 196 valence electrons. The number of carbonyl (C=O) groups is 1. The van der Waals surface area contributed by atoms with Crippen molar-refractivity contribution in [2.45, 2.75) is 26.7 Å². The third-order valence-corrected chi connectivity index (χ3v) is 8.25. The fourth-order valence-corrected chi connectivity index (χ4v) is 6.02. The largest absolute Gasteiger partial charge is 0.294 e. The van der Waals surface area contributed by atoms with Gasteiger partial charge in [0, 0.05) is 5.39 Å². The van der Waals surface area contributed by atoms with Crippen LogP contribution in [0.3, 0.4) is 0 Å². The summed E-state index contributed by atoms with van der Waals surface area (Å²) in [6, 6.07) is 18.1. The molecular weight excluding hydrogens is 523 g/mol. The Morgan fingerprint density at radius 3 is 2.45 bits per heavy atom. The molecule has 1 N–H and O–H groups in total. The maximum Gasteiger partial charge on any atom is 0.170 e. The molecule has 0 amide bonds. The number of hydrogen-bond acceptors (Lipinski definition) is 4. The molecule has 0 bridgehead atoms. The number of ketones is 1. The van der Waals surface area contributed by atoms with E-state index in [0.717, 1.165) is 44.3 Å². The molecule has 1 heterocycles. The van der Waals surface area contributed by atoms with E-state index in [1.165, 1.54) is 18.2 Å². The molecule has 0 saturated carbocycles. The SMILES string of the molecule is CCCS(=O)(=O)CC(=O)/C=C/c1ccc(/C(=C(/CC)c2ccc(F)cc2Cl)c2ccc3[nH]ncc3c2)cc1. The molecule has 0 fully saturated rings. The van der Waals surface area contributed by atoms with Gasteiger partial charge in [0.2, 0.25) is 0 Å². The van der Waals surface area contributed by atoms with Crippen LogP contribution in [-0.2, 0) is 14.6 Å². The van der Waals surface area contributed by atoms with Crippen molar-refractivity contribution in [3.63, 3.8) is 0 Å². The number of sulfone groups is 1. The summed E-state index contributed by atoms with van der Waals surface area (Å²) in [6.45, 7) is 3.80. The number of carbonyl (C=O) groups excluding carboxylic acids is 1. The van der Waals surface area contributed by atoms with Crippen molar-refractivity contribution in [3.8, 4) is 0 Å². The van der Waals surface area contributed by atoms with Gasteiger partial charge in [-0.25, -0.2) is 12.8 Å². The van der Waals surface area contributed by atoms with E-state index in [1.807, 2.05) is 49.4 Å². The first-order valence-corrected chi connectivity index (χ1v) is 14.5. The molecular formula is C30H28ClFN2O3S. The first kappa shape index (κ1) is 27.5. The molecule has 0 atom stereocenters. The molecule has 0 radical (unpaired) electrons. The van der Waals surface area contributed by atoms with E-state index in [1.54, 1.807) is 25.3 Å². The number of H-pyrrole nitrogens is 1. The van der Waals surface area contributed by atoms with Gasteiger partial charge in [-0.2, -0.15) is 5.10 Å². The topological polar surface area (TPSA) is 79.9 Å². The lowest BCUT2D eigenvalue weighted by atomic mass is 9.87. The van der Waals surface area contributed by atoms with Crippen LogP contribution in [0, 0.1) is 5.82 Å². The van der Waals surface area contributed by atoms with Crippen LogP contribution in [0.1, 0.15) is 48.9 Å². The van der Waals surface area contributed by atoms with E-state index < -0.39 is 27.2 Å². The van der Waals surface area contributed by atoms with Crippen molar-refractivity contribution in [2.24, 2.45) is 0 Å². The maximum atomic E-state index is 13.8. The van der Waals surface area contributed by atoms with E-state index in [4.69, 9.17) is 11.6 Å². The summed E-state index contributed by atoms with van der Waals surface area (Å²) in [4.78, 5) is 12.2. The lowest BCUT2D eigenvalue weighted by Gasteiger charge is -2.18. The monoisotopic (exact) mass is 550 g/mol. The quantitative estimate of drug-likeness (QED) is 0.168. The molecule has 5 nitrogen and oxygen atoms in total. The van der Waals surface area contributed by atoms with Gasteiger partial charge in [0.15, 0.2) is 15.6 Å². The van der Waals surface area contributed by atoms with Crippen LogP contribution in [0.15, 0.2) is 72.9 Å². The Morgan fingerprint density at radius 1 is 1.03 bits per heavy atom. The number of rotatable bonds is 10. The van der Waals surface area contributed by atoms with Gasteiger partial charge in [-0.3, -0.25) is 9.89 Å². The fourth-order valence-electron chi connectivity index (χ4n) is 4.45. The van der Waals surface area contributed by atoms with Crippen molar-refractivity contribution in [3.05, 3.63) is 106 Å². The molecule has 0 spiro atoms. The first-order valence-electron chi connectivity index (χ1n) is 12.3. The number of fused-ring (bicyclic) bond motifs is 1. The second kappa shape index (κ2) is 11.9. The molecule has 3 aromatic carbocycles. The molecule has 0 aliphatic rings. The molecule has 0 aliphatic carbocycles. The molecule has 1 aromatic heterocycles. The Kier molecular flexibility index (Phi) is 8.59. The summed E-state index contributed by atoms with van der Waals surface area (Å²) in [5, 5.41) is 8.38. The summed E-state index contributed by atoms with van der Waals surface area (Å²) in [7, 11) is -3.39. The second-order valence-electron chi connectivity index (χ2n) is 9.02. The molecule has 0 saturated heterocycles. The average molecular weight is 551 g/mol. The van der Waals surface area contributed by atoms with Gasteiger partial charge in [0.1, 0.15) is 11.6 Å². The fraction of sp³-hybridized carbons (Fsp3) is 0.200. The third-order valence-electron chi connectivity index (χ3n) is 6.18. The number of aromatic amines is 1. The Balaban J connectivity index is 1.75. The van der Waals surface area contributed by atoms with Crippen LogP contribution in [0.5, 0.6) is 0 Å². The van der Waals surface area contributed by atoms with E-state index >= 15 is 0 Å². The van der Waals surface area contributed by atoms with Crippen molar-refractivity contribution in [2.75, 3.05) is 11.5 Å². The van der Waals surface area contributed by atoms with Crippen molar-refractivity contribution >= 4 is 55.3 Å². The zero-order chi connectivity index (χ0) is 27.3. The lowest BCUT2D eigenvalue weighted by molar-refractivity contribution is -0.112. The maximum absolute atomic E-state index is 13.8. The summed E-state index contributed by atoms with van der Waals surface area (Å²) in [5.74, 6) is -1.34. The Hall–Kier alpha value is -3.55. The van der Waals surface area contributed by atoms with Gasteiger partial charge in [-0.05, 0) is 76.6 Å². The number of allylic oxidation sites excluding steroid dienone is 2. The highest BCUT2D eigenvalue weighted by Gasteiger charge is 2.17. The number of nitrogens with one attached hydrogen (secondary N) is 1. The smallest absolute Gasteiger partial charge is 0.170 e. The van der Waals surface area contributed by atoms with Gasteiger partial charge in [-0.1, -0.05) is 67.9 Å². The predicted octanol–water partition coefficient (Wildman–Crippen LogP) is 7.13. The van der Waals surface area contributed by atoms with E-state index in [-0.39, 0.29) is 5.75 Å². The molecule has 38 heavy (non-hydrogen) atoms. The van der Waals surface area contributed by atoms with Gasteiger partial charge >= 0.3 is 0 Å². The van der Waals surface area contributed by atoms with Crippen LogP contribution < -0.4 is 0 Å². The first-order chi connectivity index (χ1) is 18.2. The Bertz CT molecular complexity index is 1640. The van der Waals surface area contributed by atoms with Gasteiger partial charge < -0.3 is 0 Å². The lowest BCUT2D eigenvalue weighted by Crippen LogP contribution is -2.16. The van der Waals surface area contributed by atoms with Crippen molar-refractivity contribution in [1.82, 2.24) is 10.2 Å². The second-order valence-corrected chi connectivity index (χ2v) is 11.6. The number of aromatic nitrogens is 2. The average Bonchev–Trinajstić information content (AvgIpc) is 3.35. The third kappa shape index (κ3) is 6.47. The predicted molar refractivity (Wildman–Crippen MR) is 153 cm³/mol. The summed E-state index contributed by atoms with van der Waals surface area (Å²) >= 11 is 6.49. The minimum Gasteiger partial charge on any atom is -0.294 e. The molecule has 4 aromatic rings. The number of halogens is 2. The molecule has 4 rings (SSSR count). The molecule has 8 heteroatoms. The number of benzene rings is 3.